The van der Waals surface area contributed by atoms with E-state index in [2.05, 4.69) is 57.5 Å². The number of aliphatic hydroxyl groups is 1. The zero-order valence-electron chi connectivity index (χ0n) is 11.9. The lowest BCUT2D eigenvalue weighted by atomic mass is 10.1. The van der Waals surface area contributed by atoms with E-state index in [1.807, 2.05) is 18.2 Å². The average molecular weight is 268 g/mol. The second kappa shape index (κ2) is 5.59. The van der Waals surface area contributed by atoms with Crippen molar-refractivity contribution in [2.24, 2.45) is 0 Å². The molecule has 2 N–H and O–H groups in total. The molecule has 0 saturated carbocycles. The van der Waals surface area contributed by atoms with E-state index in [1.54, 1.807) is 0 Å². The molecule has 0 fully saturated rings. The molecule has 0 saturated heterocycles. The molecule has 0 spiro atoms. The van der Waals surface area contributed by atoms with Gasteiger partial charge < -0.3 is 10.4 Å². The topological polar surface area (TPSA) is 45.1 Å². The third kappa shape index (κ3) is 4.59. The van der Waals surface area contributed by atoms with Crippen LogP contribution in [-0.4, -0.2) is 22.2 Å². The zero-order chi connectivity index (χ0) is 14.0. The highest BCUT2D eigenvalue weighted by molar-refractivity contribution is 7.81. The molecule has 0 aromatic carbocycles. The van der Waals surface area contributed by atoms with E-state index >= 15 is 0 Å². The number of rotatable bonds is 4. The summed E-state index contributed by atoms with van der Waals surface area (Å²) in [6.45, 7) is 10.7. The van der Waals surface area contributed by atoms with Crippen molar-refractivity contribution in [3.63, 3.8) is 0 Å². The van der Waals surface area contributed by atoms with Crippen LogP contribution in [0, 0.1) is 0 Å². The maximum absolute atomic E-state index is 10.4. The number of pyridine rings is 1. The normalized spacial score (nSPS) is 15.8. The Labute approximate surface area is 115 Å². The van der Waals surface area contributed by atoms with Gasteiger partial charge in [-0.3, -0.25) is 4.98 Å². The Hall–Kier alpha value is -0.580. The first-order valence-electron chi connectivity index (χ1n) is 6.29. The fraction of sp³-hybridized carbons (Fsp3) is 0.643. The SMILES string of the molecule is CC(C)c1cccc([C@@](O)(S)CNC(C)(C)C)n1. The molecular weight excluding hydrogens is 244 g/mol. The fourth-order valence-electron chi connectivity index (χ4n) is 1.47. The van der Waals surface area contributed by atoms with Gasteiger partial charge in [0.05, 0.1) is 5.69 Å². The lowest BCUT2D eigenvalue weighted by Gasteiger charge is -2.28. The molecule has 0 bridgehead atoms. The summed E-state index contributed by atoms with van der Waals surface area (Å²) in [6.07, 6.45) is 0. The minimum absolute atomic E-state index is 0.0631. The number of nitrogens with one attached hydrogen (secondary N) is 1. The summed E-state index contributed by atoms with van der Waals surface area (Å²) in [5, 5.41) is 13.6. The van der Waals surface area contributed by atoms with Crippen LogP contribution in [0.2, 0.25) is 0 Å². The summed E-state index contributed by atoms with van der Waals surface area (Å²) in [5.74, 6) is 0.338. The Morgan fingerprint density at radius 1 is 1.33 bits per heavy atom. The van der Waals surface area contributed by atoms with Crippen molar-refractivity contribution in [2.45, 2.75) is 51.0 Å². The van der Waals surface area contributed by atoms with Crippen LogP contribution in [0.5, 0.6) is 0 Å². The molecule has 18 heavy (non-hydrogen) atoms. The largest absolute Gasteiger partial charge is 0.373 e. The number of β-amino-alcohol motifs (C(OH)–C–C–N with tert-alkyl or cyclic N) is 1. The first-order chi connectivity index (χ1) is 8.12. The maximum Gasteiger partial charge on any atom is 0.162 e. The van der Waals surface area contributed by atoms with Crippen LogP contribution in [-0.2, 0) is 4.93 Å². The molecular formula is C14H24N2OS. The Kier molecular flexibility index (Phi) is 4.81. The highest BCUT2D eigenvalue weighted by Crippen LogP contribution is 2.25. The van der Waals surface area contributed by atoms with E-state index in [1.165, 1.54) is 0 Å². The van der Waals surface area contributed by atoms with Gasteiger partial charge in [-0.15, -0.1) is 12.6 Å². The highest BCUT2D eigenvalue weighted by atomic mass is 32.1. The number of hydrogen-bond donors (Lipinski definition) is 3. The summed E-state index contributed by atoms with van der Waals surface area (Å²) >= 11 is 4.33. The summed E-state index contributed by atoms with van der Waals surface area (Å²) < 4.78 is 0. The van der Waals surface area contributed by atoms with Gasteiger partial charge in [0.1, 0.15) is 0 Å². The Bertz CT molecular complexity index is 397. The van der Waals surface area contributed by atoms with E-state index in [0.29, 0.717) is 18.2 Å². The van der Waals surface area contributed by atoms with Gasteiger partial charge in [0.15, 0.2) is 4.93 Å². The van der Waals surface area contributed by atoms with Gasteiger partial charge in [0.2, 0.25) is 0 Å². The molecule has 1 atom stereocenters. The summed E-state index contributed by atoms with van der Waals surface area (Å²) in [5.41, 5.74) is 1.50. The Balaban J connectivity index is 2.87. The van der Waals surface area contributed by atoms with Crippen LogP contribution in [0.1, 0.15) is 51.9 Å². The predicted octanol–water partition coefficient (Wildman–Crippen LogP) is 2.67. The summed E-state index contributed by atoms with van der Waals surface area (Å²) in [4.78, 5) is 3.23. The first-order valence-corrected chi connectivity index (χ1v) is 6.74. The number of nitrogens with zero attached hydrogens (tertiary/aromatic N) is 1. The van der Waals surface area contributed by atoms with Gasteiger partial charge in [-0.2, -0.15) is 0 Å². The standard InChI is InChI=1S/C14H24N2OS/c1-10(2)11-7-6-8-12(16-11)14(17,18)9-15-13(3,4)5/h6-8,10,15,17-18H,9H2,1-5H3/t14-/m0/s1. The van der Waals surface area contributed by atoms with Gasteiger partial charge in [-0.1, -0.05) is 19.9 Å². The molecule has 0 aliphatic rings. The minimum Gasteiger partial charge on any atom is -0.373 e. The second-order valence-electron chi connectivity index (χ2n) is 6.02. The number of thiol groups is 1. The zero-order valence-corrected chi connectivity index (χ0v) is 12.8. The van der Waals surface area contributed by atoms with Crippen LogP contribution < -0.4 is 5.32 Å². The molecule has 1 aromatic rings. The van der Waals surface area contributed by atoms with Crippen molar-refractivity contribution < 1.29 is 5.11 Å². The molecule has 0 amide bonds. The molecule has 1 rings (SSSR count). The van der Waals surface area contributed by atoms with Crippen molar-refractivity contribution >= 4 is 12.6 Å². The Morgan fingerprint density at radius 3 is 2.44 bits per heavy atom. The van der Waals surface area contributed by atoms with Crippen LogP contribution in [0.4, 0.5) is 0 Å². The first kappa shape index (κ1) is 15.5. The van der Waals surface area contributed by atoms with Crippen LogP contribution in [0.15, 0.2) is 18.2 Å². The van der Waals surface area contributed by atoms with E-state index in [9.17, 15) is 5.11 Å². The maximum atomic E-state index is 10.4. The molecule has 0 aliphatic heterocycles. The molecule has 1 heterocycles. The lowest BCUT2D eigenvalue weighted by molar-refractivity contribution is 0.123. The monoisotopic (exact) mass is 268 g/mol. The van der Waals surface area contributed by atoms with Crippen LogP contribution in [0.25, 0.3) is 0 Å². The quantitative estimate of drug-likeness (QED) is 0.581. The molecule has 1 aromatic heterocycles. The van der Waals surface area contributed by atoms with Crippen LogP contribution >= 0.6 is 12.6 Å². The summed E-state index contributed by atoms with van der Waals surface area (Å²) in [7, 11) is 0. The van der Waals surface area contributed by atoms with E-state index in [4.69, 9.17) is 0 Å². The van der Waals surface area contributed by atoms with Gasteiger partial charge in [0.25, 0.3) is 0 Å². The van der Waals surface area contributed by atoms with Gasteiger partial charge in [-0.25, -0.2) is 0 Å². The van der Waals surface area contributed by atoms with E-state index in [0.717, 1.165) is 5.69 Å². The molecule has 3 nitrogen and oxygen atoms in total. The van der Waals surface area contributed by atoms with Gasteiger partial charge in [0, 0.05) is 17.8 Å². The number of hydrogen-bond acceptors (Lipinski definition) is 4. The Morgan fingerprint density at radius 2 is 1.94 bits per heavy atom. The molecule has 0 aliphatic carbocycles. The van der Waals surface area contributed by atoms with Crippen molar-refractivity contribution in [1.29, 1.82) is 0 Å². The minimum atomic E-state index is -1.25. The van der Waals surface area contributed by atoms with E-state index < -0.39 is 4.93 Å². The third-order valence-corrected chi connectivity index (χ3v) is 3.02. The van der Waals surface area contributed by atoms with Crippen molar-refractivity contribution in [3.05, 3.63) is 29.6 Å². The lowest BCUT2D eigenvalue weighted by Crippen LogP contribution is -2.44. The third-order valence-electron chi connectivity index (χ3n) is 2.64. The average Bonchev–Trinajstić information content (AvgIpc) is 2.26. The van der Waals surface area contributed by atoms with Crippen molar-refractivity contribution in [1.82, 2.24) is 10.3 Å². The second-order valence-corrected chi connectivity index (χ2v) is 6.76. The fourth-order valence-corrected chi connectivity index (χ4v) is 1.68. The smallest absolute Gasteiger partial charge is 0.162 e. The van der Waals surface area contributed by atoms with E-state index in [-0.39, 0.29) is 5.54 Å². The van der Waals surface area contributed by atoms with Gasteiger partial charge >= 0.3 is 0 Å². The highest BCUT2D eigenvalue weighted by Gasteiger charge is 2.28. The van der Waals surface area contributed by atoms with Crippen LogP contribution in [0.3, 0.4) is 0 Å². The predicted molar refractivity (Wildman–Crippen MR) is 79.0 cm³/mol. The number of aromatic nitrogens is 1. The van der Waals surface area contributed by atoms with Crippen molar-refractivity contribution in [2.75, 3.05) is 6.54 Å². The van der Waals surface area contributed by atoms with Crippen molar-refractivity contribution in [3.8, 4) is 0 Å². The molecule has 4 heteroatoms. The molecule has 0 unspecified atom stereocenters. The van der Waals surface area contributed by atoms with Gasteiger partial charge in [-0.05, 0) is 38.8 Å². The molecule has 0 radical (unpaired) electrons. The summed E-state index contributed by atoms with van der Waals surface area (Å²) in [6, 6.07) is 5.69. The molecule has 102 valence electrons.